The van der Waals surface area contributed by atoms with Crippen molar-refractivity contribution in [2.45, 2.75) is 46.5 Å². The molecule has 0 radical (unpaired) electrons. The summed E-state index contributed by atoms with van der Waals surface area (Å²) in [7, 11) is 3.95. The Hall–Kier alpha value is -0.920. The van der Waals surface area contributed by atoms with Crippen LogP contribution in [0.1, 0.15) is 52.2 Å². The van der Waals surface area contributed by atoms with Crippen LogP contribution < -0.4 is 4.90 Å². The number of hydrogen-bond donors (Lipinski definition) is 0. The maximum atomic E-state index is 6.80. The van der Waals surface area contributed by atoms with E-state index in [0.717, 1.165) is 17.1 Å². The highest BCUT2D eigenvalue weighted by Crippen LogP contribution is 2.47. The lowest BCUT2D eigenvalue weighted by Crippen LogP contribution is -2.18. The highest BCUT2D eigenvalue weighted by Gasteiger charge is 2.28. The van der Waals surface area contributed by atoms with Gasteiger partial charge in [-0.25, -0.2) is 0 Å². The van der Waals surface area contributed by atoms with Crippen LogP contribution in [0.15, 0.2) is 23.3 Å². The van der Waals surface area contributed by atoms with Crippen LogP contribution in [0.3, 0.4) is 0 Å². The summed E-state index contributed by atoms with van der Waals surface area (Å²) in [6, 6.07) is 2.09. The third kappa shape index (κ3) is 2.94. The van der Waals surface area contributed by atoms with E-state index in [2.05, 4.69) is 46.8 Å². The van der Waals surface area contributed by atoms with Gasteiger partial charge in [0, 0.05) is 14.1 Å². The minimum absolute atomic E-state index is 0.0501. The van der Waals surface area contributed by atoms with Gasteiger partial charge in [-0.15, -0.1) is 0 Å². The van der Waals surface area contributed by atoms with Gasteiger partial charge in [0.15, 0.2) is 0 Å². The molecule has 0 saturated heterocycles. The Bertz CT molecular complexity index is 674. The lowest BCUT2D eigenvalue weighted by Gasteiger charge is -2.29. The van der Waals surface area contributed by atoms with Gasteiger partial charge in [-0.3, -0.25) is 0 Å². The largest absolute Gasteiger partial charge is 0.375 e. The molecule has 0 heterocycles. The molecule has 0 bridgehead atoms. The Morgan fingerprint density at radius 3 is 2.09 bits per heavy atom. The second-order valence-electron chi connectivity index (χ2n) is 7.28. The second kappa shape index (κ2) is 5.94. The van der Waals surface area contributed by atoms with Gasteiger partial charge in [-0.05, 0) is 54.0 Å². The molecule has 0 aromatic heterocycles. The molecule has 0 N–H and O–H groups in total. The molecule has 120 valence electrons. The van der Waals surface area contributed by atoms with Gasteiger partial charge in [0.1, 0.15) is 0 Å². The molecule has 1 aliphatic carbocycles. The summed E-state index contributed by atoms with van der Waals surface area (Å²) in [6.45, 7) is 11.0. The average Bonchev–Trinajstić information content (AvgIpc) is 2.66. The standard InChI is InChI=1S/C19H25Cl2N/c1-11-8-9-13(12(11)2)14-10-15(20)18(22(6)7)17(21)16(14)19(3,4)5/h8,10H,9H2,1-7H3. The molecule has 1 aliphatic rings. The number of anilines is 1. The summed E-state index contributed by atoms with van der Waals surface area (Å²) in [5.74, 6) is 0. The number of allylic oxidation sites excluding steroid dienone is 4. The molecule has 1 nitrogen and oxygen atoms in total. The zero-order valence-corrected chi connectivity index (χ0v) is 16.1. The molecule has 1 aromatic carbocycles. The summed E-state index contributed by atoms with van der Waals surface area (Å²) in [4.78, 5) is 1.99. The topological polar surface area (TPSA) is 3.24 Å². The van der Waals surface area contributed by atoms with Crippen LogP contribution in [0.4, 0.5) is 5.69 Å². The van der Waals surface area contributed by atoms with Crippen molar-refractivity contribution in [2.24, 2.45) is 0 Å². The number of nitrogens with zero attached hydrogens (tertiary/aromatic N) is 1. The molecular weight excluding hydrogens is 313 g/mol. The van der Waals surface area contributed by atoms with E-state index in [1.54, 1.807) is 0 Å². The molecule has 0 unspecified atom stereocenters. The lowest BCUT2D eigenvalue weighted by atomic mass is 9.80. The van der Waals surface area contributed by atoms with Gasteiger partial charge >= 0.3 is 0 Å². The first-order chi connectivity index (χ1) is 10.1. The van der Waals surface area contributed by atoms with Crippen LogP contribution in [0.5, 0.6) is 0 Å². The highest BCUT2D eigenvalue weighted by atomic mass is 35.5. The van der Waals surface area contributed by atoms with Gasteiger partial charge < -0.3 is 4.90 Å². The van der Waals surface area contributed by atoms with Crippen molar-refractivity contribution in [1.29, 1.82) is 0 Å². The Labute approximate surface area is 144 Å². The smallest absolute Gasteiger partial charge is 0.0743 e. The van der Waals surface area contributed by atoms with Gasteiger partial charge in [-0.1, -0.05) is 55.6 Å². The number of halogens is 2. The van der Waals surface area contributed by atoms with E-state index in [1.165, 1.54) is 27.8 Å². The van der Waals surface area contributed by atoms with Crippen LogP contribution in [0, 0.1) is 0 Å². The van der Waals surface area contributed by atoms with Crippen molar-refractivity contribution in [3.63, 3.8) is 0 Å². The van der Waals surface area contributed by atoms with E-state index < -0.39 is 0 Å². The van der Waals surface area contributed by atoms with E-state index in [-0.39, 0.29) is 5.41 Å². The Morgan fingerprint density at radius 2 is 1.68 bits per heavy atom. The lowest BCUT2D eigenvalue weighted by molar-refractivity contribution is 0.588. The summed E-state index contributed by atoms with van der Waals surface area (Å²) in [5, 5.41) is 1.48. The Balaban J connectivity index is 2.81. The second-order valence-corrected chi connectivity index (χ2v) is 8.07. The Kier molecular flexibility index (Phi) is 4.71. The first kappa shape index (κ1) is 17.4. The fourth-order valence-corrected chi connectivity index (χ4v) is 4.18. The predicted octanol–water partition coefficient (Wildman–Crippen LogP) is 6.48. The molecule has 2 rings (SSSR count). The fourth-order valence-electron chi connectivity index (χ4n) is 3.10. The summed E-state index contributed by atoms with van der Waals surface area (Å²) in [6.07, 6.45) is 3.23. The zero-order chi connectivity index (χ0) is 16.8. The monoisotopic (exact) mass is 337 g/mol. The molecule has 0 spiro atoms. The normalized spacial score (nSPS) is 15.4. The average molecular weight is 338 g/mol. The highest BCUT2D eigenvalue weighted by molar-refractivity contribution is 6.40. The summed E-state index contributed by atoms with van der Waals surface area (Å²) >= 11 is 13.3. The molecule has 0 amide bonds. The molecule has 0 saturated carbocycles. The number of hydrogen-bond acceptors (Lipinski definition) is 1. The van der Waals surface area contributed by atoms with Gasteiger partial charge in [-0.2, -0.15) is 0 Å². The van der Waals surface area contributed by atoms with Gasteiger partial charge in [0.05, 0.1) is 15.7 Å². The van der Waals surface area contributed by atoms with Crippen molar-refractivity contribution in [2.75, 3.05) is 19.0 Å². The maximum absolute atomic E-state index is 6.80. The number of benzene rings is 1. The fraction of sp³-hybridized carbons (Fsp3) is 0.474. The van der Waals surface area contributed by atoms with Crippen molar-refractivity contribution in [3.8, 4) is 0 Å². The summed E-state index contributed by atoms with van der Waals surface area (Å²) < 4.78 is 0. The van der Waals surface area contributed by atoms with Crippen LogP contribution >= 0.6 is 23.2 Å². The Morgan fingerprint density at radius 1 is 1.09 bits per heavy atom. The van der Waals surface area contributed by atoms with E-state index in [4.69, 9.17) is 23.2 Å². The first-order valence-corrected chi connectivity index (χ1v) is 8.38. The third-order valence-corrected chi connectivity index (χ3v) is 5.03. The molecular formula is C19H25Cl2N. The van der Waals surface area contributed by atoms with Crippen molar-refractivity contribution in [3.05, 3.63) is 44.5 Å². The molecule has 1 aromatic rings. The third-order valence-electron chi connectivity index (χ3n) is 4.37. The van der Waals surface area contributed by atoms with Gasteiger partial charge in [0.25, 0.3) is 0 Å². The SMILES string of the molecule is CC1=CCC(c2cc(Cl)c(N(C)C)c(Cl)c2C(C)(C)C)=C1C. The van der Waals surface area contributed by atoms with E-state index in [9.17, 15) is 0 Å². The molecule has 0 fully saturated rings. The van der Waals surface area contributed by atoms with Crippen molar-refractivity contribution >= 4 is 34.5 Å². The van der Waals surface area contributed by atoms with Crippen LogP contribution in [-0.2, 0) is 5.41 Å². The maximum Gasteiger partial charge on any atom is 0.0743 e. The first-order valence-electron chi connectivity index (χ1n) is 7.62. The molecule has 22 heavy (non-hydrogen) atoms. The minimum atomic E-state index is -0.0501. The van der Waals surface area contributed by atoms with E-state index in [1.807, 2.05) is 19.0 Å². The van der Waals surface area contributed by atoms with Crippen LogP contribution in [-0.4, -0.2) is 14.1 Å². The predicted molar refractivity (Wildman–Crippen MR) is 100 cm³/mol. The van der Waals surface area contributed by atoms with Crippen LogP contribution in [0.2, 0.25) is 10.0 Å². The summed E-state index contributed by atoms with van der Waals surface area (Å²) in [5.41, 5.74) is 7.26. The van der Waals surface area contributed by atoms with Crippen molar-refractivity contribution < 1.29 is 0 Å². The van der Waals surface area contributed by atoms with E-state index in [0.29, 0.717) is 5.02 Å². The zero-order valence-electron chi connectivity index (χ0n) is 14.6. The molecule has 0 aliphatic heterocycles. The van der Waals surface area contributed by atoms with E-state index >= 15 is 0 Å². The number of rotatable bonds is 2. The van der Waals surface area contributed by atoms with Crippen LogP contribution in [0.25, 0.3) is 5.57 Å². The molecule has 3 heteroatoms. The van der Waals surface area contributed by atoms with Gasteiger partial charge in [0.2, 0.25) is 0 Å². The van der Waals surface area contributed by atoms with Crippen molar-refractivity contribution in [1.82, 2.24) is 0 Å². The quantitative estimate of drug-likeness (QED) is 0.596. The molecule has 0 atom stereocenters. The minimum Gasteiger partial charge on any atom is -0.375 e.